The fourth-order valence-corrected chi connectivity index (χ4v) is 3.65. The second kappa shape index (κ2) is 7.95. The number of benzene rings is 1. The molecule has 166 valence electrons. The number of carbonyl (C=O) groups excluding carboxylic acids is 1. The molecule has 0 aliphatic heterocycles. The zero-order valence-electron chi connectivity index (χ0n) is 17.6. The van der Waals surface area contributed by atoms with E-state index in [1.54, 1.807) is 55.7 Å². The Kier molecular flexibility index (Phi) is 4.94. The molecule has 4 aromatic heterocycles. The van der Waals surface area contributed by atoms with Crippen LogP contribution in [0.3, 0.4) is 0 Å². The maximum absolute atomic E-state index is 12.6. The van der Waals surface area contributed by atoms with Gasteiger partial charge in [0.15, 0.2) is 5.82 Å². The standard InChI is InChI=1S/C21H18ClN9O2/c1-29-11-13(7-17(21(29)33)26-20(32)12-8-24-30(2)10-12)31-6-5-18(28-31)25-16-4-3-15-14(19(16)22)9-23-27-15/h3-11H,1-2H3,(H,23,27)(H,25,28)(H,26,32). The first-order valence-corrected chi connectivity index (χ1v) is 10.2. The molecule has 0 bridgehead atoms. The number of aromatic amines is 1. The van der Waals surface area contributed by atoms with Crippen LogP contribution in [0, 0.1) is 0 Å². The first-order valence-electron chi connectivity index (χ1n) is 9.84. The van der Waals surface area contributed by atoms with Gasteiger partial charge < -0.3 is 15.2 Å². The van der Waals surface area contributed by atoms with Crippen LogP contribution in [-0.4, -0.2) is 40.2 Å². The predicted molar refractivity (Wildman–Crippen MR) is 124 cm³/mol. The fourth-order valence-electron chi connectivity index (χ4n) is 3.39. The molecule has 0 saturated heterocycles. The molecule has 0 fully saturated rings. The van der Waals surface area contributed by atoms with Crippen molar-refractivity contribution in [1.82, 2.24) is 34.3 Å². The summed E-state index contributed by atoms with van der Waals surface area (Å²) < 4.78 is 4.48. The predicted octanol–water partition coefficient (Wildman–Crippen LogP) is 2.83. The molecule has 0 aliphatic rings. The van der Waals surface area contributed by atoms with Gasteiger partial charge in [0.1, 0.15) is 5.69 Å². The molecule has 5 rings (SSSR count). The number of amides is 1. The number of nitrogens with zero attached hydrogens (tertiary/aromatic N) is 6. The Hall–Kier alpha value is -4.38. The number of aryl methyl sites for hydroxylation is 2. The number of nitrogens with one attached hydrogen (secondary N) is 3. The highest BCUT2D eigenvalue weighted by Crippen LogP contribution is 2.31. The zero-order valence-corrected chi connectivity index (χ0v) is 18.3. The van der Waals surface area contributed by atoms with Crippen molar-refractivity contribution in [3.05, 3.63) is 76.2 Å². The van der Waals surface area contributed by atoms with E-state index in [-0.39, 0.29) is 11.2 Å². The van der Waals surface area contributed by atoms with Crippen molar-refractivity contribution in [3.8, 4) is 5.69 Å². The molecule has 0 spiro atoms. The van der Waals surface area contributed by atoms with Crippen molar-refractivity contribution in [2.24, 2.45) is 14.1 Å². The first-order chi connectivity index (χ1) is 15.9. The largest absolute Gasteiger partial charge is 0.338 e. The summed E-state index contributed by atoms with van der Waals surface area (Å²) in [6.45, 7) is 0. The first kappa shape index (κ1) is 20.5. The summed E-state index contributed by atoms with van der Waals surface area (Å²) >= 11 is 6.47. The van der Waals surface area contributed by atoms with Crippen LogP contribution in [0.2, 0.25) is 5.02 Å². The molecule has 0 radical (unpaired) electrons. The minimum absolute atomic E-state index is 0.127. The number of aromatic nitrogens is 7. The van der Waals surface area contributed by atoms with Crippen LogP contribution in [0.4, 0.5) is 17.2 Å². The van der Waals surface area contributed by atoms with Crippen LogP contribution in [-0.2, 0) is 14.1 Å². The molecule has 12 heteroatoms. The molecule has 1 aromatic carbocycles. The number of anilines is 3. The fraction of sp³-hybridized carbons (Fsp3) is 0.0952. The molecule has 0 unspecified atom stereocenters. The minimum atomic E-state index is -0.426. The Morgan fingerprint density at radius 1 is 1.12 bits per heavy atom. The van der Waals surface area contributed by atoms with Gasteiger partial charge in [0.25, 0.3) is 11.5 Å². The number of halogens is 1. The Balaban J connectivity index is 1.42. The van der Waals surface area contributed by atoms with Crippen LogP contribution in [0.1, 0.15) is 10.4 Å². The summed E-state index contributed by atoms with van der Waals surface area (Å²) in [6, 6.07) is 7.05. The Morgan fingerprint density at radius 3 is 2.76 bits per heavy atom. The average Bonchev–Trinajstić information content (AvgIpc) is 3.54. The smallest absolute Gasteiger partial charge is 0.274 e. The molecule has 11 nitrogen and oxygen atoms in total. The van der Waals surface area contributed by atoms with Crippen LogP contribution >= 0.6 is 11.6 Å². The van der Waals surface area contributed by atoms with E-state index in [0.29, 0.717) is 27.8 Å². The Labute approximate surface area is 191 Å². The molecular weight excluding hydrogens is 446 g/mol. The van der Waals surface area contributed by atoms with Crippen molar-refractivity contribution in [3.63, 3.8) is 0 Å². The number of pyridine rings is 1. The van der Waals surface area contributed by atoms with E-state index in [1.807, 2.05) is 12.1 Å². The van der Waals surface area contributed by atoms with Gasteiger partial charge in [0.2, 0.25) is 0 Å². The third-order valence-corrected chi connectivity index (χ3v) is 5.47. The van der Waals surface area contributed by atoms with Gasteiger partial charge in [-0.15, -0.1) is 0 Å². The van der Waals surface area contributed by atoms with Gasteiger partial charge in [-0.2, -0.15) is 15.3 Å². The molecule has 1 amide bonds. The van der Waals surface area contributed by atoms with Gasteiger partial charge in [0.05, 0.1) is 39.9 Å². The van der Waals surface area contributed by atoms with Crippen LogP contribution in [0.5, 0.6) is 0 Å². The molecule has 0 saturated carbocycles. The second-order valence-electron chi connectivity index (χ2n) is 7.41. The maximum Gasteiger partial charge on any atom is 0.274 e. The SMILES string of the molecule is Cn1cc(C(=O)Nc2cc(-n3ccc(Nc4ccc5[nH]ncc5c4Cl)n3)cn(C)c2=O)cn1. The summed E-state index contributed by atoms with van der Waals surface area (Å²) in [4.78, 5) is 25.0. The monoisotopic (exact) mass is 463 g/mol. The lowest BCUT2D eigenvalue weighted by Gasteiger charge is -2.10. The number of fused-ring (bicyclic) bond motifs is 1. The van der Waals surface area contributed by atoms with Gasteiger partial charge in [-0.05, 0) is 18.2 Å². The van der Waals surface area contributed by atoms with E-state index in [0.717, 1.165) is 10.9 Å². The molecule has 33 heavy (non-hydrogen) atoms. The Bertz CT molecular complexity index is 1560. The summed E-state index contributed by atoms with van der Waals surface area (Å²) in [6.07, 6.45) is 8.03. The maximum atomic E-state index is 12.6. The van der Waals surface area contributed by atoms with E-state index < -0.39 is 5.91 Å². The Morgan fingerprint density at radius 2 is 1.97 bits per heavy atom. The van der Waals surface area contributed by atoms with E-state index in [2.05, 4.69) is 31.0 Å². The number of carbonyl (C=O) groups is 1. The molecule has 0 aliphatic carbocycles. The van der Waals surface area contributed by atoms with Crippen molar-refractivity contribution in [1.29, 1.82) is 0 Å². The number of H-pyrrole nitrogens is 1. The van der Waals surface area contributed by atoms with Crippen molar-refractivity contribution in [2.75, 3.05) is 10.6 Å². The summed E-state index contributed by atoms with van der Waals surface area (Å²) in [5, 5.41) is 22.5. The van der Waals surface area contributed by atoms with Crippen molar-refractivity contribution < 1.29 is 4.79 Å². The van der Waals surface area contributed by atoms with Crippen LogP contribution in [0.25, 0.3) is 16.6 Å². The number of rotatable bonds is 5. The van der Waals surface area contributed by atoms with Crippen molar-refractivity contribution in [2.45, 2.75) is 0 Å². The van der Waals surface area contributed by atoms with E-state index in [9.17, 15) is 9.59 Å². The van der Waals surface area contributed by atoms with E-state index in [1.165, 1.54) is 15.4 Å². The topological polar surface area (TPSA) is 127 Å². The molecule has 5 aromatic rings. The second-order valence-corrected chi connectivity index (χ2v) is 7.79. The van der Waals surface area contributed by atoms with Crippen molar-refractivity contribution >= 4 is 45.6 Å². The highest BCUT2D eigenvalue weighted by atomic mass is 35.5. The third kappa shape index (κ3) is 3.85. The van der Waals surface area contributed by atoms with Crippen LogP contribution in [0.15, 0.2) is 60.0 Å². The van der Waals surface area contributed by atoms with Crippen LogP contribution < -0.4 is 16.2 Å². The van der Waals surface area contributed by atoms with Gasteiger partial charge >= 0.3 is 0 Å². The lowest BCUT2D eigenvalue weighted by atomic mass is 10.2. The normalized spacial score (nSPS) is 11.1. The third-order valence-electron chi connectivity index (χ3n) is 5.06. The molecule has 4 heterocycles. The minimum Gasteiger partial charge on any atom is -0.338 e. The number of hydrogen-bond donors (Lipinski definition) is 3. The highest BCUT2D eigenvalue weighted by Gasteiger charge is 2.14. The van der Waals surface area contributed by atoms with Gasteiger partial charge in [-0.25, -0.2) is 4.68 Å². The van der Waals surface area contributed by atoms with Gasteiger partial charge in [-0.3, -0.25) is 19.4 Å². The average molecular weight is 464 g/mol. The zero-order chi connectivity index (χ0) is 23.1. The quantitative estimate of drug-likeness (QED) is 0.368. The van der Waals surface area contributed by atoms with Gasteiger partial charge in [-0.1, -0.05) is 11.6 Å². The van der Waals surface area contributed by atoms with Gasteiger partial charge in [0, 0.05) is 44.1 Å². The number of hydrogen-bond acceptors (Lipinski definition) is 6. The summed E-state index contributed by atoms with van der Waals surface area (Å²) in [5.41, 5.74) is 2.23. The molecule has 3 N–H and O–H groups in total. The molecular formula is C21H18ClN9O2. The highest BCUT2D eigenvalue weighted by molar-refractivity contribution is 6.38. The van der Waals surface area contributed by atoms with E-state index in [4.69, 9.17) is 11.6 Å². The molecule has 0 atom stereocenters. The lowest BCUT2D eigenvalue weighted by molar-refractivity contribution is 0.102. The summed E-state index contributed by atoms with van der Waals surface area (Å²) in [7, 11) is 3.31. The van der Waals surface area contributed by atoms with E-state index >= 15 is 0 Å². The summed E-state index contributed by atoms with van der Waals surface area (Å²) in [5.74, 6) is 0.124. The lowest BCUT2D eigenvalue weighted by Crippen LogP contribution is -2.24.